The third-order valence-electron chi connectivity index (χ3n) is 3.46. The fraction of sp³-hybridized carbons (Fsp3) is 0.0556. The van der Waals surface area contributed by atoms with Gasteiger partial charge in [0.05, 0.1) is 17.6 Å². The van der Waals surface area contributed by atoms with E-state index in [1.165, 1.54) is 37.7 Å². The minimum atomic E-state index is -0.601. The summed E-state index contributed by atoms with van der Waals surface area (Å²) in [6, 6.07) is 12.8. The van der Waals surface area contributed by atoms with Gasteiger partial charge in [-0.25, -0.2) is 9.78 Å². The molecule has 1 aromatic heterocycles. The molecule has 0 atom stereocenters. The third-order valence-corrected chi connectivity index (χ3v) is 4.71. The summed E-state index contributed by atoms with van der Waals surface area (Å²) >= 11 is 6.95. The van der Waals surface area contributed by atoms with Gasteiger partial charge in [-0.05, 0) is 48.5 Å². The van der Waals surface area contributed by atoms with Crippen LogP contribution in [0.1, 0.15) is 10.4 Å². The lowest BCUT2D eigenvalue weighted by atomic mass is 10.2. The number of aromatic nitrogens is 2. The minimum Gasteiger partial charge on any atom is -0.465 e. The Balaban J connectivity index is 1.89. The van der Waals surface area contributed by atoms with Crippen molar-refractivity contribution in [2.24, 2.45) is 0 Å². The summed E-state index contributed by atoms with van der Waals surface area (Å²) < 4.78 is 10.2. The van der Waals surface area contributed by atoms with E-state index in [4.69, 9.17) is 16.3 Å². The standard InChI is InChI=1S/C18H12ClN3O5S/c1-26-18(23)11-2-6-13(7-3-11)27-16-15(22(24)25)17(21-10-20-16)28-14-8-4-12(19)5-9-14/h2-10H,1H3. The lowest BCUT2D eigenvalue weighted by molar-refractivity contribution is -0.389. The topological polar surface area (TPSA) is 104 Å². The zero-order valence-electron chi connectivity index (χ0n) is 14.4. The molecular weight excluding hydrogens is 406 g/mol. The monoisotopic (exact) mass is 417 g/mol. The van der Waals surface area contributed by atoms with E-state index in [0.717, 1.165) is 16.7 Å². The van der Waals surface area contributed by atoms with Crippen molar-refractivity contribution in [2.45, 2.75) is 9.92 Å². The fourth-order valence-electron chi connectivity index (χ4n) is 2.16. The van der Waals surface area contributed by atoms with E-state index in [2.05, 4.69) is 14.7 Å². The molecule has 0 aliphatic carbocycles. The number of nitrogens with zero attached hydrogens (tertiary/aromatic N) is 3. The van der Waals surface area contributed by atoms with Gasteiger partial charge >= 0.3 is 17.5 Å². The highest BCUT2D eigenvalue weighted by Gasteiger charge is 2.25. The van der Waals surface area contributed by atoms with Crippen molar-refractivity contribution in [1.29, 1.82) is 0 Å². The molecule has 28 heavy (non-hydrogen) atoms. The van der Waals surface area contributed by atoms with E-state index in [1.54, 1.807) is 24.3 Å². The Hall–Kier alpha value is -3.17. The van der Waals surface area contributed by atoms with E-state index in [1.807, 2.05) is 0 Å². The summed E-state index contributed by atoms with van der Waals surface area (Å²) in [5.41, 5.74) is -0.0366. The molecule has 3 rings (SSSR count). The average molecular weight is 418 g/mol. The Labute approximate surface area is 168 Å². The molecule has 0 N–H and O–H groups in total. The number of hydrogen-bond donors (Lipinski definition) is 0. The first-order valence-corrected chi connectivity index (χ1v) is 8.96. The Kier molecular flexibility index (Phi) is 6.07. The minimum absolute atomic E-state index is 0.128. The van der Waals surface area contributed by atoms with Crippen molar-refractivity contribution in [1.82, 2.24) is 9.97 Å². The predicted octanol–water partition coefficient (Wildman–Crippen LogP) is 4.77. The molecule has 0 spiro atoms. The van der Waals surface area contributed by atoms with Crippen LogP contribution in [0.2, 0.25) is 5.02 Å². The number of benzene rings is 2. The van der Waals surface area contributed by atoms with Crippen molar-refractivity contribution in [3.63, 3.8) is 0 Å². The molecule has 0 bridgehead atoms. The van der Waals surface area contributed by atoms with E-state index in [-0.39, 0.29) is 22.3 Å². The molecule has 3 aromatic rings. The van der Waals surface area contributed by atoms with Crippen LogP contribution in [0.15, 0.2) is 64.8 Å². The Morgan fingerprint density at radius 2 is 1.79 bits per heavy atom. The maximum absolute atomic E-state index is 11.6. The molecule has 1 heterocycles. The van der Waals surface area contributed by atoms with Crippen LogP contribution in [0.5, 0.6) is 11.6 Å². The molecule has 0 aliphatic rings. The molecule has 0 amide bonds. The van der Waals surface area contributed by atoms with Gasteiger partial charge in [0, 0.05) is 9.92 Å². The van der Waals surface area contributed by atoms with Gasteiger partial charge in [-0.15, -0.1) is 0 Å². The SMILES string of the molecule is COC(=O)c1ccc(Oc2ncnc(Sc3ccc(Cl)cc3)c2[N+](=O)[O-])cc1. The van der Waals surface area contributed by atoms with Gasteiger partial charge in [-0.3, -0.25) is 10.1 Å². The lowest BCUT2D eigenvalue weighted by Gasteiger charge is -2.08. The number of rotatable bonds is 6. The first kappa shape index (κ1) is 19.6. The van der Waals surface area contributed by atoms with Crippen LogP contribution in [-0.4, -0.2) is 28.0 Å². The van der Waals surface area contributed by atoms with E-state index < -0.39 is 10.9 Å². The molecule has 2 aromatic carbocycles. The van der Waals surface area contributed by atoms with Crippen molar-refractivity contribution in [3.8, 4) is 11.6 Å². The predicted molar refractivity (Wildman–Crippen MR) is 102 cm³/mol. The van der Waals surface area contributed by atoms with Gasteiger partial charge in [-0.2, -0.15) is 4.98 Å². The second-order valence-electron chi connectivity index (χ2n) is 5.26. The number of esters is 1. The fourth-order valence-corrected chi connectivity index (χ4v) is 3.14. The number of methoxy groups -OCH3 is 1. The third kappa shape index (κ3) is 4.56. The average Bonchev–Trinajstić information content (AvgIpc) is 2.69. The van der Waals surface area contributed by atoms with Crippen LogP contribution in [0.4, 0.5) is 5.69 Å². The quantitative estimate of drug-likeness (QED) is 0.244. The van der Waals surface area contributed by atoms with Gasteiger partial charge in [0.25, 0.3) is 0 Å². The second kappa shape index (κ2) is 8.68. The molecule has 0 saturated heterocycles. The maximum atomic E-state index is 11.6. The number of carbonyl (C=O) groups is 1. The number of nitro groups is 1. The first-order valence-electron chi connectivity index (χ1n) is 7.77. The van der Waals surface area contributed by atoms with Gasteiger partial charge < -0.3 is 9.47 Å². The molecule has 10 heteroatoms. The first-order chi connectivity index (χ1) is 13.5. The van der Waals surface area contributed by atoms with E-state index >= 15 is 0 Å². The normalized spacial score (nSPS) is 10.4. The van der Waals surface area contributed by atoms with Crippen molar-refractivity contribution >= 4 is 35.0 Å². The number of ether oxygens (including phenoxy) is 2. The summed E-state index contributed by atoms with van der Waals surface area (Å²) in [5.74, 6) is -0.430. The summed E-state index contributed by atoms with van der Waals surface area (Å²) in [6.07, 6.45) is 1.18. The van der Waals surface area contributed by atoms with Crippen LogP contribution in [-0.2, 0) is 4.74 Å². The Morgan fingerprint density at radius 3 is 2.39 bits per heavy atom. The summed E-state index contributed by atoms with van der Waals surface area (Å²) in [5, 5.41) is 12.3. The van der Waals surface area contributed by atoms with Crippen LogP contribution in [0.25, 0.3) is 0 Å². The molecule has 142 valence electrons. The number of halogens is 1. The Morgan fingerprint density at radius 1 is 1.11 bits per heavy atom. The molecule has 0 aliphatic heterocycles. The van der Waals surface area contributed by atoms with Gasteiger partial charge in [0.1, 0.15) is 12.1 Å². The zero-order chi connectivity index (χ0) is 20.1. The number of carbonyl (C=O) groups excluding carboxylic acids is 1. The van der Waals surface area contributed by atoms with Crippen molar-refractivity contribution in [2.75, 3.05) is 7.11 Å². The largest absolute Gasteiger partial charge is 0.465 e. The lowest BCUT2D eigenvalue weighted by Crippen LogP contribution is -2.02. The van der Waals surface area contributed by atoms with Gasteiger partial charge in [-0.1, -0.05) is 23.4 Å². The highest BCUT2D eigenvalue weighted by atomic mass is 35.5. The zero-order valence-corrected chi connectivity index (χ0v) is 15.9. The van der Waals surface area contributed by atoms with E-state index in [0.29, 0.717) is 10.6 Å². The Bertz CT molecular complexity index is 1010. The highest BCUT2D eigenvalue weighted by molar-refractivity contribution is 7.99. The van der Waals surface area contributed by atoms with Crippen LogP contribution in [0, 0.1) is 10.1 Å². The molecule has 0 radical (unpaired) electrons. The van der Waals surface area contributed by atoms with Crippen LogP contribution >= 0.6 is 23.4 Å². The maximum Gasteiger partial charge on any atom is 0.363 e. The smallest absolute Gasteiger partial charge is 0.363 e. The van der Waals surface area contributed by atoms with Crippen LogP contribution in [0.3, 0.4) is 0 Å². The summed E-state index contributed by atoms with van der Waals surface area (Å²) in [7, 11) is 1.27. The summed E-state index contributed by atoms with van der Waals surface area (Å²) in [6.45, 7) is 0. The number of hydrogen-bond acceptors (Lipinski definition) is 8. The van der Waals surface area contributed by atoms with Crippen LogP contribution < -0.4 is 4.74 Å². The molecule has 0 fully saturated rings. The summed E-state index contributed by atoms with van der Waals surface area (Å²) in [4.78, 5) is 31.1. The molecule has 0 unspecified atom stereocenters. The van der Waals surface area contributed by atoms with Crippen molar-refractivity contribution in [3.05, 3.63) is 75.6 Å². The highest BCUT2D eigenvalue weighted by Crippen LogP contribution is 2.39. The molecular formula is C18H12ClN3O5S. The second-order valence-corrected chi connectivity index (χ2v) is 6.76. The molecule has 0 saturated carbocycles. The van der Waals surface area contributed by atoms with E-state index in [9.17, 15) is 14.9 Å². The molecule has 8 nitrogen and oxygen atoms in total. The van der Waals surface area contributed by atoms with Gasteiger partial charge in [0.2, 0.25) is 0 Å². The van der Waals surface area contributed by atoms with Gasteiger partial charge in [0.15, 0.2) is 5.03 Å². The van der Waals surface area contributed by atoms with Crippen molar-refractivity contribution < 1.29 is 19.2 Å².